The summed E-state index contributed by atoms with van der Waals surface area (Å²) in [6.45, 7) is 4.34. The van der Waals surface area contributed by atoms with Crippen LogP contribution in [0.25, 0.3) is 0 Å². The van der Waals surface area contributed by atoms with Crippen LogP contribution in [-0.2, 0) is 0 Å². The molecule has 0 heterocycles. The summed E-state index contributed by atoms with van der Waals surface area (Å²) in [7, 11) is 0. The molecule has 0 saturated carbocycles. The predicted octanol–water partition coefficient (Wildman–Crippen LogP) is 4.29. The molecule has 1 rings (SSSR count). The number of rotatable bonds is 6. The minimum Gasteiger partial charge on any atom is -0.297 e. The van der Waals surface area contributed by atoms with Crippen molar-refractivity contribution in [3.8, 4) is 12.3 Å². The van der Waals surface area contributed by atoms with Crippen molar-refractivity contribution in [1.82, 2.24) is 5.32 Å². The lowest BCUT2D eigenvalue weighted by Gasteiger charge is -2.22. The number of halogens is 1. The zero-order valence-corrected chi connectivity index (χ0v) is 12.1. The highest BCUT2D eigenvalue weighted by Gasteiger charge is 2.13. The van der Waals surface area contributed by atoms with Gasteiger partial charge in [0.1, 0.15) is 0 Å². The van der Waals surface area contributed by atoms with E-state index in [2.05, 4.69) is 59.2 Å². The van der Waals surface area contributed by atoms with Crippen molar-refractivity contribution in [1.29, 1.82) is 0 Å². The Hall–Kier alpha value is -0.780. The zero-order valence-electron chi connectivity index (χ0n) is 10.5. The van der Waals surface area contributed by atoms with Crippen LogP contribution in [0.2, 0.25) is 0 Å². The van der Waals surface area contributed by atoms with Crippen LogP contribution >= 0.6 is 15.9 Å². The van der Waals surface area contributed by atoms with Gasteiger partial charge in [0.15, 0.2) is 0 Å². The van der Waals surface area contributed by atoms with E-state index in [9.17, 15) is 0 Å². The second-order valence-corrected chi connectivity index (χ2v) is 5.11. The molecule has 0 fully saturated rings. The summed E-state index contributed by atoms with van der Waals surface area (Å²) >= 11 is 3.51. The predicted molar refractivity (Wildman–Crippen MR) is 77.8 cm³/mol. The molecular weight excluding hydrogens is 274 g/mol. The van der Waals surface area contributed by atoms with Crippen LogP contribution in [-0.4, -0.2) is 6.04 Å². The lowest BCUT2D eigenvalue weighted by molar-refractivity contribution is 0.460. The Morgan fingerprint density at radius 1 is 1.41 bits per heavy atom. The van der Waals surface area contributed by atoms with E-state index in [1.165, 1.54) is 5.56 Å². The van der Waals surface area contributed by atoms with E-state index in [1.807, 2.05) is 6.07 Å². The molecule has 0 radical (unpaired) electrons. The van der Waals surface area contributed by atoms with E-state index in [0.29, 0.717) is 6.04 Å². The van der Waals surface area contributed by atoms with Crippen LogP contribution in [0.5, 0.6) is 0 Å². The summed E-state index contributed by atoms with van der Waals surface area (Å²) in [6.07, 6.45) is 8.72. The van der Waals surface area contributed by atoms with E-state index in [-0.39, 0.29) is 6.04 Å². The molecule has 0 saturated heterocycles. The summed E-state index contributed by atoms with van der Waals surface area (Å²) in [4.78, 5) is 0. The average Bonchev–Trinajstić information content (AvgIpc) is 2.34. The topological polar surface area (TPSA) is 12.0 Å². The largest absolute Gasteiger partial charge is 0.297 e. The van der Waals surface area contributed by atoms with Gasteiger partial charge in [-0.05, 0) is 30.5 Å². The SMILES string of the molecule is C#CC(CCC)NC(CC)c1cccc(Br)c1. The molecule has 0 aliphatic carbocycles. The summed E-state index contributed by atoms with van der Waals surface area (Å²) < 4.78 is 1.11. The smallest absolute Gasteiger partial charge is 0.0691 e. The van der Waals surface area contributed by atoms with Gasteiger partial charge in [-0.15, -0.1) is 6.42 Å². The molecule has 1 aromatic rings. The van der Waals surface area contributed by atoms with Crippen molar-refractivity contribution in [2.24, 2.45) is 0 Å². The number of nitrogens with one attached hydrogen (secondary N) is 1. The van der Waals surface area contributed by atoms with Crippen molar-refractivity contribution in [2.75, 3.05) is 0 Å². The maximum absolute atomic E-state index is 5.55. The minimum atomic E-state index is 0.170. The molecule has 1 nitrogen and oxygen atoms in total. The summed E-state index contributed by atoms with van der Waals surface area (Å²) in [5, 5.41) is 3.54. The number of hydrogen-bond acceptors (Lipinski definition) is 1. The molecule has 1 aromatic carbocycles. The van der Waals surface area contributed by atoms with Gasteiger partial charge in [-0.3, -0.25) is 5.32 Å². The van der Waals surface area contributed by atoms with E-state index in [0.717, 1.165) is 23.7 Å². The summed E-state index contributed by atoms with van der Waals surface area (Å²) in [5.41, 5.74) is 1.29. The molecule has 0 amide bonds. The van der Waals surface area contributed by atoms with Gasteiger partial charge in [0, 0.05) is 10.5 Å². The van der Waals surface area contributed by atoms with Crippen LogP contribution in [0, 0.1) is 12.3 Å². The normalized spacial score (nSPS) is 14.0. The van der Waals surface area contributed by atoms with Crippen LogP contribution in [0.4, 0.5) is 0 Å². The average molecular weight is 294 g/mol. The Morgan fingerprint density at radius 3 is 2.71 bits per heavy atom. The van der Waals surface area contributed by atoms with E-state index in [1.54, 1.807) is 0 Å². The van der Waals surface area contributed by atoms with Crippen molar-refractivity contribution in [3.05, 3.63) is 34.3 Å². The first kappa shape index (κ1) is 14.3. The molecule has 17 heavy (non-hydrogen) atoms. The second-order valence-electron chi connectivity index (χ2n) is 4.19. The lowest BCUT2D eigenvalue weighted by Crippen LogP contribution is -2.31. The van der Waals surface area contributed by atoms with Crippen molar-refractivity contribution in [2.45, 2.75) is 45.2 Å². The molecule has 2 atom stereocenters. The number of terminal acetylenes is 1. The molecule has 2 heteroatoms. The maximum atomic E-state index is 5.55. The molecule has 0 aliphatic heterocycles. The third-order valence-electron chi connectivity index (χ3n) is 2.84. The first-order chi connectivity index (χ1) is 8.21. The van der Waals surface area contributed by atoms with Crippen molar-refractivity contribution < 1.29 is 0 Å². The fraction of sp³-hybridized carbons (Fsp3) is 0.467. The molecule has 2 unspecified atom stereocenters. The Labute approximate surface area is 113 Å². The zero-order chi connectivity index (χ0) is 12.7. The fourth-order valence-corrected chi connectivity index (χ4v) is 2.34. The van der Waals surface area contributed by atoms with Gasteiger partial charge in [0.2, 0.25) is 0 Å². The first-order valence-corrected chi connectivity index (χ1v) is 6.98. The highest BCUT2D eigenvalue weighted by molar-refractivity contribution is 9.10. The third kappa shape index (κ3) is 4.53. The lowest BCUT2D eigenvalue weighted by atomic mass is 10.0. The third-order valence-corrected chi connectivity index (χ3v) is 3.33. The number of hydrogen-bond donors (Lipinski definition) is 1. The second kappa shape index (κ2) is 7.53. The van der Waals surface area contributed by atoms with Crippen LogP contribution < -0.4 is 5.32 Å². The maximum Gasteiger partial charge on any atom is 0.0691 e. The Balaban J connectivity index is 2.75. The molecule has 92 valence electrons. The fourth-order valence-electron chi connectivity index (χ4n) is 1.92. The highest BCUT2D eigenvalue weighted by atomic mass is 79.9. The molecule has 1 N–H and O–H groups in total. The van der Waals surface area contributed by atoms with Gasteiger partial charge in [0.25, 0.3) is 0 Å². The van der Waals surface area contributed by atoms with E-state index >= 15 is 0 Å². The van der Waals surface area contributed by atoms with E-state index in [4.69, 9.17) is 6.42 Å². The monoisotopic (exact) mass is 293 g/mol. The van der Waals surface area contributed by atoms with Crippen molar-refractivity contribution >= 4 is 15.9 Å². The van der Waals surface area contributed by atoms with Gasteiger partial charge in [-0.1, -0.05) is 54.3 Å². The Bertz CT molecular complexity index is 381. The minimum absolute atomic E-state index is 0.170. The molecule has 0 aromatic heterocycles. The summed E-state index contributed by atoms with van der Waals surface area (Å²) in [6, 6.07) is 8.91. The summed E-state index contributed by atoms with van der Waals surface area (Å²) in [5.74, 6) is 2.83. The van der Waals surface area contributed by atoms with E-state index < -0.39 is 0 Å². The molecule has 0 bridgehead atoms. The molecular formula is C15H20BrN. The number of benzene rings is 1. The van der Waals surface area contributed by atoms with Crippen LogP contribution in [0.3, 0.4) is 0 Å². The van der Waals surface area contributed by atoms with Crippen LogP contribution in [0.15, 0.2) is 28.7 Å². The van der Waals surface area contributed by atoms with Crippen LogP contribution in [0.1, 0.15) is 44.7 Å². The van der Waals surface area contributed by atoms with Gasteiger partial charge in [0.05, 0.1) is 6.04 Å². The first-order valence-electron chi connectivity index (χ1n) is 6.18. The van der Waals surface area contributed by atoms with Gasteiger partial charge < -0.3 is 0 Å². The standard InChI is InChI=1S/C15H20BrN/c1-4-8-14(5-2)17-15(6-3)12-9-7-10-13(16)11-12/h2,7,9-11,14-15,17H,4,6,8H2,1,3H3. The Kier molecular flexibility index (Phi) is 6.32. The van der Waals surface area contributed by atoms with Gasteiger partial charge >= 0.3 is 0 Å². The quantitative estimate of drug-likeness (QED) is 0.772. The van der Waals surface area contributed by atoms with Crippen molar-refractivity contribution in [3.63, 3.8) is 0 Å². The van der Waals surface area contributed by atoms with Gasteiger partial charge in [-0.25, -0.2) is 0 Å². The van der Waals surface area contributed by atoms with Gasteiger partial charge in [-0.2, -0.15) is 0 Å². The molecule has 0 aliphatic rings. The molecule has 0 spiro atoms. The Morgan fingerprint density at radius 2 is 2.18 bits per heavy atom. The highest BCUT2D eigenvalue weighted by Crippen LogP contribution is 2.21.